The molecule has 2 N–H and O–H groups in total. The van der Waals surface area contributed by atoms with Crippen molar-refractivity contribution in [1.82, 2.24) is 0 Å². The van der Waals surface area contributed by atoms with Crippen LogP contribution >= 0.6 is 0 Å². The predicted octanol–water partition coefficient (Wildman–Crippen LogP) is 0.370. The van der Waals surface area contributed by atoms with Crippen molar-refractivity contribution in [2.75, 3.05) is 4.72 Å². The Bertz CT molecular complexity index is 562. The minimum Gasteiger partial charge on any atom is -0.478 e. The molecule has 0 aliphatic carbocycles. The number of hydrogen-bond acceptors (Lipinski definition) is 5. The number of nitrogens with one attached hydrogen (secondary N) is 1. The monoisotopic (exact) mass is 264 g/mol. The lowest BCUT2D eigenvalue weighted by Crippen LogP contribution is -2.05. The van der Waals surface area contributed by atoms with Crippen LogP contribution in [-0.2, 0) is 10.9 Å². The fourth-order valence-corrected chi connectivity index (χ4v) is 1.40. The Morgan fingerprint density at radius 2 is 2.06 bits per heavy atom. The van der Waals surface area contributed by atoms with Gasteiger partial charge in [0.2, 0.25) is 16.7 Å². The molecule has 8 nitrogen and oxygen atoms in total. The third-order valence-corrected chi connectivity index (χ3v) is 2.13. The fourth-order valence-electron chi connectivity index (χ4n) is 1.05. The number of carboxylic acids is 1. The zero-order valence-electron chi connectivity index (χ0n) is 7.92. The second-order valence-electron chi connectivity index (χ2n) is 2.79. The Morgan fingerprint density at radius 3 is 2.47 bits per heavy atom. The van der Waals surface area contributed by atoms with Crippen molar-refractivity contribution in [2.45, 2.75) is 0 Å². The molecule has 17 heavy (non-hydrogen) atoms. The molecule has 0 heterocycles. The summed E-state index contributed by atoms with van der Waals surface area (Å²) in [5.41, 5.74) is -2.51. The van der Waals surface area contributed by atoms with Gasteiger partial charge in [0.15, 0.2) is 0 Å². The molecule has 1 rings (SSSR count). The quantitative estimate of drug-likeness (QED) is 0.409. The highest BCUT2D eigenvalue weighted by Gasteiger charge is 2.22. The lowest BCUT2D eigenvalue weighted by Gasteiger charge is -2.03. The number of anilines is 1. The lowest BCUT2D eigenvalue weighted by molar-refractivity contribution is -0.387. The van der Waals surface area contributed by atoms with E-state index in [2.05, 4.69) is 0 Å². The van der Waals surface area contributed by atoms with Gasteiger partial charge in [-0.15, -0.1) is 0 Å². The van der Waals surface area contributed by atoms with Crippen molar-refractivity contribution < 1.29 is 27.6 Å². The third-order valence-electron chi connectivity index (χ3n) is 1.71. The molecule has 0 aliphatic rings. The zero-order chi connectivity index (χ0) is 13.2. The molecular formula is C7H5FN2O6S. The minimum atomic E-state index is -3.26. The molecule has 0 radical (unpaired) electrons. The molecule has 0 spiro atoms. The first-order chi connectivity index (χ1) is 7.82. The average Bonchev–Trinajstić information content (AvgIpc) is 2.19. The van der Waals surface area contributed by atoms with Gasteiger partial charge in [-0.05, 0) is 6.07 Å². The number of nitrogens with zero attached hydrogens (tertiary/aromatic N) is 1. The summed E-state index contributed by atoms with van der Waals surface area (Å²) in [6.45, 7) is 0. The maximum atomic E-state index is 13.4. The zero-order valence-corrected chi connectivity index (χ0v) is 8.81. The number of carboxylic acid groups (broad SMARTS) is 1. The van der Waals surface area contributed by atoms with Gasteiger partial charge in [0.05, 0.1) is 16.2 Å². The van der Waals surface area contributed by atoms with Gasteiger partial charge in [0.1, 0.15) is 0 Å². The average molecular weight is 264 g/mol. The van der Waals surface area contributed by atoms with E-state index in [4.69, 9.17) is 5.11 Å². The topological polar surface area (TPSA) is 127 Å². The summed E-state index contributed by atoms with van der Waals surface area (Å²) in [6.07, 6.45) is 0. The Kier molecular flexibility index (Phi) is 3.58. The summed E-state index contributed by atoms with van der Waals surface area (Å²) in [5.74, 6) is -2.99. The van der Waals surface area contributed by atoms with Crippen LogP contribution in [0.4, 0.5) is 15.8 Å². The number of benzene rings is 1. The Balaban J connectivity index is 3.47. The molecule has 0 saturated carbocycles. The van der Waals surface area contributed by atoms with Crippen LogP contribution in [0.3, 0.4) is 0 Å². The van der Waals surface area contributed by atoms with Crippen LogP contribution in [0.25, 0.3) is 0 Å². The van der Waals surface area contributed by atoms with Gasteiger partial charge in [-0.1, -0.05) is 0 Å². The smallest absolute Gasteiger partial charge is 0.336 e. The number of thiol groups is 1. The lowest BCUT2D eigenvalue weighted by atomic mass is 10.1. The number of halogens is 1. The van der Waals surface area contributed by atoms with E-state index in [1.165, 1.54) is 0 Å². The van der Waals surface area contributed by atoms with Crippen molar-refractivity contribution >= 4 is 28.2 Å². The van der Waals surface area contributed by atoms with E-state index >= 15 is 0 Å². The molecule has 0 aromatic heterocycles. The first-order valence-electron chi connectivity index (χ1n) is 3.95. The van der Waals surface area contributed by atoms with Crippen molar-refractivity contribution in [2.24, 2.45) is 0 Å². The van der Waals surface area contributed by atoms with Gasteiger partial charge >= 0.3 is 11.7 Å². The number of hydrogen-bond donors (Lipinski definition) is 3. The molecule has 0 amide bonds. The summed E-state index contributed by atoms with van der Waals surface area (Å²) in [6, 6.07) is 1.15. The van der Waals surface area contributed by atoms with E-state index < -0.39 is 44.5 Å². The molecule has 1 aromatic rings. The van der Waals surface area contributed by atoms with Gasteiger partial charge in [0, 0.05) is 6.07 Å². The highest BCUT2D eigenvalue weighted by atomic mass is 32.2. The first-order valence-corrected chi connectivity index (χ1v) is 5.13. The first kappa shape index (κ1) is 12.8. The van der Waals surface area contributed by atoms with Gasteiger partial charge < -0.3 is 5.11 Å². The number of nitro groups is 1. The Morgan fingerprint density at radius 1 is 1.47 bits per heavy atom. The van der Waals surface area contributed by atoms with Crippen LogP contribution in [-0.4, -0.2) is 24.4 Å². The SMILES string of the molecule is O=C(O)c1cc(N[SH](=O)=O)c(F)c([N+](=O)[O-])c1. The molecule has 10 heteroatoms. The number of rotatable bonds is 4. The Hall–Kier alpha value is -2.23. The largest absolute Gasteiger partial charge is 0.478 e. The maximum Gasteiger partial charge on any atom is 0.336 e. The highest BCUT2D eigenvalue weighted by molar-refractivity contribution is 7.73. The minimum absolute atomic E-state index is 0.501. The second kappa shape index (κ2) is 4.74. The number of nitro benzene ring substituents is 1. The van der Waals surface area contributed by atoms with Crippen LogP contribution in [0.5, 0.6) is 0 Å². The molecule has 0 unspecified atom stereocenters. The molecule has 1 aromatic carbocycles. The van der Waals surface area contributed by atoms with E-state index in [1.807, 2.05) is 0 Å². The van der Waals surface area contributed by atoms with Crippen LogP contribution in [0.1, 0.15) is 10.4 Å². The molecule has 92 valence electrons. The van der Waals surface area contributed by atoms with Crippen molar-refractivity contribution in [3.8, 4) is 0 Å². The maximum absolute atomic E-state index is 13.4. The molecule has 0 atom stereocenters. The summed E-state index contributed by atoms with van der Waals surface area (Å²) >= 11 is 0. The van der Waals surface area contributed by atoms with Gasteiger partial charge in [-0.25, -0.2) is 13.2 Å². The molecule has 0 aliphatic heterocycles. The van der Waals surface area contributed by atoms with Crippen LogP contribution < -0.4 is 4.72 Å². The van der Waals surface area contributed by atoms with E-state index in [0.717, 1.165) is 0 Å². The van der Waals surface area contributed by atoms with Crippen molar-refractivity contribution in [3.05, 3.63) is 33.6 Å². The summed E-state index contributed by atoms with van der Waals surface area (Å²) < 4.78 is 35.6. The van der Waals surface area contributed by atoms with Gasteiger partial charge in [0.25, 0.3) is 0 Å². The Labute approximate surface area is 94.9 Å². The molecule has 0 saturated heterocycles. The third kappa shape index (κ3) is 2.87. The summed E-state index contributed by atoms with van der Waals surface area (Å²) in [7, 11) is -3.26. The molecule has 0 fully saturated rings. The van der Waals surface area contributed by atoms with Gasteiger partial charge in [-0.3, -0.25) is 14.8 Å². The number of aromatic carboxylic acids is 1. The van der Waals surface area contributed by atoms with Crippen molar-refractivity contribution in [1.29, 1.82) is 0 Å². The van der Waals surface area contributed by atoms with Crippen LogP contribution in [0, 0.1) is 15.9 Å². The van der Waals surface area contributed by atoms with Crippen LogP contribution in [0.2, 0.25) is 0 Å². The van der Waals surface area contributed by atoms with Crippen molar-refractivity contribution in [3.63, 3.8) is 0 Å². The second-order valence-corrected chi connectivity index (χ2v) is 3.53. The normalized spacial score (nSPS) is 10.2. The molecular weight excluding hydrogens is 259 g/mol. The number of carbonyl (C=O) groups is 1. The summed E-state index contributed by atoms with van der Waals surface area (Å²) in [5, 5.41) is 19.0. The summed E-state index contributed by atoms with van der Waals surface area (Å²) in [4.78, 5) is 19.9. The van der Waals surface area contributed by atoms with E-state index in [-0.39, 0.29) is 0 Å². The predicted molar refractivity (Wildman–Crippen MR) is 54.0 cm³/mol. The standard InChI is InChI=1S/C7H5FN2O6S/c8-6-4(9-17(15)16)1-3(7(11)12)2-5(6)10(13)14/h1-2,17H,(H,11,12)(H,9,15,16). The van der Waals surface area contributed by atoms with E-state index in [1.54, 1.807) is 4.72 Å². The van der Waals surface area contributed by atoms with E-state index in [9.17, 15) is 27.7 Å². The van der Waals surface area contributed by atoms with E-state index in [0.29, 0.717) is 12.1 Å². The fraction of sp³-hybridized carbons (Fsp3) is 0. The van der Waals surface area contributed by atoms with Gasteiger partial charge in [-0.2, -0.15) is 4.39 Å². The van der Waals surface area contributed by atoms with Crippen LogP contribution in [0.15, 0.2) is 12.1 Å². The molecule has 0 bridgehead atoms. The highest BCUT2D eigenvalue weighted by Crippen LogP contribution is 2.26.